The van der Waals surface area contributed by atoms with Crippen LogP contribution in [0.2, 0.25) is 5.02 Å². The summed E-state index contributed by atoms with van der Waals surface area (Å²) in [6, 6.07) is 3.64. The number of amides is 1. The number of pyridine rings is 1. The van der Waals surface area contributed by atoms with Crippen LogP contribution in [0.15, 0.2) is 24.5 Å². The smallest absolute Gasteiger partial charge is 0.274 e. The Morgan fingerprint density at radius 2 is 2.29 bits per heavy atom. The molecule has 1 saturated carbocycles. The van der Waals surface area contributed by atoms with Crippen LogP contribution in [0.3, 0.4) is 0 Å². The van der Waals surface area contributed by atoms with Crippen LogP contribution in [0.25, 0.3) is 5.65 Å². The van der Waals surface area contributed by atoms with E-state index in [0.717, 1.165) is 12.8 Å². The van der Waals surface area contributed by atoms with Crippen molar-refractivity contribution in [3.63, 3.8) is 0 Å². The van der Waals surface area contributed by atoms with E-state index in [4.69, 9.17) is 21.1 Å². The molecule has 0 spiro atoms. The first-order valence-electron chi connectivity index (χ1n) is 8.36. The third-order valence-electron chi connectivity index (χ3n) is 4.81. The number of halogens is 1. The number of rotatable bonds is 3. The number of ether oxygens (including phenoxy) is 2. The van der Waals surface area contributed by atoms with Gasteiger partial charge in [0.25, 0.3) is 5.91 Å². The van der Waals surface area contributed by atoms with Crippen LogP contribution in [-0.2, 0) is 9.47 Å². The Hall–Kier alpha value is -1.63. The number of imidazole rings is 1. The minimum atomic E-state index is -0.0507. The Bertz CT molecular complexity index is 763. The lowest BCUT2D eigenvalue weighted by molar-refractivity contribution is -0.102. The Morgan fingerprint density at radius 1 is 1.42 bits per heavy atom. The normalized spacial score (nSPS) is 26.8. The molecular weight excluding hydrogens is 330 g/mol. The highest BCUT2D eigenvalue weighted by atomic mass is 35.5. The molecule has 1 aliphatic heterocycles. The van der Waals surface area contributed by atoms with Crippen molar-refractivity contribution < 1.29 is 14.3 Å². The first-order valence-corrected chi connectivity index (χ1v) is 8.73. The van der Waals surface area contributed by atoms with Crippen LogP contribution in [0.5, 0.6) is 0 Å². The molecule has 6 nitrogen and oxygen atoms in total. The fourth-order valence-corrected chi connectivity index (χ4v) is 3.94. The standard InChI is InChI=1S/C17H20ClN3O3/c1-2-23-14-5-4-13-16(14)24-8-7-21(13)17(22)12-10-20-9-11(18)3-6-15(20)19-12/h3,6,9-10,13-14,16H,2,4-5,7-8H2,1H3/t13-,14+,16+/m1/s1. The number of morpholine rings is 1. The fraction of sp³-hybridized carbons (Fsp3) is 0.529. The predicted molar refractivity (Wildman–Crippen MR) is 89.4 cm³/mol. The zero-order valence-corrected chi connectivity index (χ0v) is 14.3. The lowest BCUT2D eigenvalue weighted by Crippen LogP contribution is -2.54. The topological polar surface area (TPSA) is 56.1 Å². The summed E-state index contributed by atoms with van der Waals surface area (Å²) in [5.41, 5.74) is 1.16. The molecule has 7 heteroatoms. The van der Waals surface area contributed by atoms with Crippen LogP contribution in [0, 0.1) is 0 Å². The van der Waals surface area contributed by atoms with Crippen molar-refractivity contribution in [1.82, 2.24) is 14.3 Å². The van der Waals surface area contributed by atoms with Gasteiger partial charge in [-0.05, 0) is 31.9 Å². The van der Waals surface area contributed by atoms with E-state index in [-0.39, 0.29) is 24.2 Å². The monoisotopic (exact) mass is 349 g/mol. The van der Waals surface area contributed by atoms with Gasteiger partial charge in [-0.3, -0.25) is 4.79 Å². The van der Waals surface area contributed by atoms with Gasteiger partial charge in [-0.15, -0.1) is 0 Å². The van der Waals surface area contributed by atoms with Gasteiger partial charge in [0.1, 0.15) is 17.4 Å². The third kappa shape index (κ3) is 2.68. The summed E-state index contributed by atoms with van der Waals surface area (Å²) >= 11 is 6.00. The lowest BCUT2D eigenvalue weighted by Gasteiger charge is -2.38. The third-order valence-corrected chi connectivity index (χ3v) is 5.03. The zero-order chi connectivity index (χ0) is 16.7. The molecular formula is C17H20ClN3O3. The van der Waals surface area contributed by atoms with Crippen LogP contribution < -0.4 is 0 Å². The van der Waals surface area contributed by atoms with Crippen LogP contribution >= 0.6 is 11.6 Å². The number of hydrogen-bond donors (Lipinski definition) is 0. The zero-order valence-electron chi connectivity index (χ0n) is 13.5. The van der Waals surface area contributed by atoms with Crippen molar-refractivity contribution in [3.05, 3.63) is 35.2 Å². The summed E-state index contributed by atoms with van der Waals surface area (Å²) in [6.07, 6.45) is 5.37. The molecule has 2 aliphatic rings. The van der Waals surface area contributed by atoms with Gasteiger partial charge >= 0.3 is 0 Å². The first-order chi connectivity index (χ1) is 11.7. The number of aromatic nitrogens is 2. The number of carbonyl (C=O) groups is 1. The minimum absolute atomic E-state index is 0.0332. The highest BCUT2D eigenvalue weighted by Crippen LogP contribution is 2.33. The van der Waals surface area contributed by atoms with Crippen molar-refractivity contribution in [3.8, 4) is 0 Å². The molecule has 4 rings (SSSR count). The molecule has 3 atom stereocenters. The fourth-order valence-electron chi connectivity index (χ4n) is 3.78. The van der Waals surface area contributed by atoms with E-state index in [1.165, 1.54) is 0 Å². The molecule has 24 heavy (non-hydrogen) atoms. The van der Waals surface area contributed by atoms with Gasteiger partial charge in [0, 0.05) is 25.5 Å². The van der Waals surface area contributed by atoms with Crippen molar-refractivity contribution in [1.29, 1.82) is 0 Å². The molecule has 0 unspecified atom stereocenters. The average molecular weight is 350 g/mol. The van der Waals surface area contributed by atoms with Gasteiger partial charge in [-0.25, -0.2) is 4.98 Å². The van der Waals surface area contributed by atoms with Crippen molar-refractivity contribution >= 4 is 23.2 Å². The quantitative estimate of drug-likeness (QED) is 0.853. The van der Waals surface area contributed by atoms with Crippen molar-refractivity contribution in [2.75, 3.05) is 19.8 Å². The highest BCUT2D eigenvalue weighted by Gasteiger charge is 2.45. The van der Waals surface area contributed by atoms with E-state index in [2.05, 4.69) is 4.98 Å². The Labute approximate surface area is 145 Å². The Morgan fingerprint density at radius 3 is 3.12 bits per heavy atom. The molecule has 0 N–H and O–H groups in total. The average Bonchev–Trinajstić information content (AvgIpc) is 3.18. The molecule has 0 radical (unpaired) electrons. The van der Waals surface area contributed by atoms with Gasteiger partial charge in [-0.2, -0.15) is 0 Å². The number of nitrogens with zero attached hydrogens (tertiary/aromatic N) is 3. The van der Waals surface area contributed by atoms with Crippen LogP contribution in [0.1, 0.15) is 30.3 Å². The largest absolute Gasteiger partial charge is 0.376 e. The summed E-state index contributed by atoms with van der Waals surface area (Å²) in [6.45, 7) is 3.78. The van der Waals surface area contributed by atoms with Gasteiger partial charge in [0.2, 0.25) is 0 Å². The first kappa shape index (κ1) is 15.9. The summed E-state index contributed by atoms with van der Waals surface area (Å²) in [5.74, 6) is -0.0507. The van der Waals surface area contributed by atoms with Crippen molar-refractivity contribution in [2.24, 2.45) is 0 Å². The molecule has 2 fully saturated rings. The van der Waals surface area contributed by atoms with E-state index < -0.39 is 0 Å². The van der Waals surface area contributed by atoms with Gasteiger partial charge in [0.05, 0.1) is 23.8 Å². The molecule has 3 heterocycles. The molecule has 1 aliphatic carbocycles. The number of carbonyl (C=O) groups excluding carboxylic acids is 1. The summed E-state index contributed by atoms with van der Waals surface area (Å²) < 4.78 is 13.4. The summed E-state index contributed by atoms with van der Waals surface area (Å²) in [4.78, 5) is 19.3. The van der Waals surface area contributed by atoms with Crippen molar-refractivity contribution in [2.45, 2.75) is 38.0 Å². The molecule has 0 aromatic carbocycles. The maximum atomic E-state index is 13.0. The second-order valence-corrected chi connectivity index (χ2v) is 6.65. The highest BCUT2D eigenvalue weighted by molar-refractivity contribution is 6.30. The molecule has 2 aromatic heterocycles. The molecule has 0 bridgehead atoms. The van der Waals surface area contributed by atoms with E-state index in [9.17, 15) is 4.79 Å². The predicted octanol–water partition coefficient (Wildman–Crippen LogP) is 2.40. The molecule has 128 valence electrons. The summed E-state index contributed by atoms with van der Waals surface area (Å²) in [7, 11) is 0. The number of hydrogen-bond acceptors (Lipinski definition) is 4. The van der Waals surface area contributed by atoms with Gasteiger partial charge in [0.15, 0.2) is 0 Å². The second-order valence-electron chi connectivity index (χ2n) is 6.21. The Balaban J connectivity index is 1.58. The minimum Gasteiger partial charge on any atom is -0.376 e. The second kappa shape index (κ2) is 6.35. The lowest BCUT2D eigenvalue weighted by atomic mass is 10.1. The molecule has 2 aromatic rings. The van der Waals surface area contributed by atoms with E-state index in [1.54, 1.807) is 22.9 Å². The van der Waals surface area contributed by atoms with Crippen LogP contribution in [0.4, 0.5) is 0 Å². The maximum Gasteiger partial charge on any atom is 0.274 e. The SMILES string of the molecule is CCO[C@H]1CC[C@@H]2[C@@H]1OCCN2C(=O)c1cn2cc(Cl)ccc2n1. The molecule has 1 saturated heterocycles. The van der Waals surface area contributed by atoms with E-state index in [1.807, 2.05) is 17.9 Å². The number of fused-ring (bicyclic) bond motifs is 2. The van der Waals surface area contributed by atoms with Crippen LogP contribution in [-0.4, -0.2) is 58.2 Å². The van der Waals surface area contributed by atoms with Gasteiger partial charge < -0.3 is 18.8 Å². The van der Waals surface area contributed by atoms with E-state index >= 15 is 0 Å². The molecule has 1 amide bonds. The van der Waals surface area contributed by atoms with E-state index in [0.29, 0.717) is 36.1 Å². The van der Waals surface area contributed by atoms with Gasteiger partial charge in [-0.1, -0.05) is 11.6 Å². The maximum absolute atomic E-state index is 13.0. The Kier molecular flexibility index (Phi) is 4.20. The summed E-state index contributed by atoms with van der Waals surface area (Å²) in [5, 5.41) is 0.612.